The van der Waals surface area contributed by atoms with Crippen LogP contribution < -0.4 is 5.73 Å². The van der Waals surface area contributed by atoms with Gasteiger partial charge in [0, 0.05) is 0 Å². The predicted octanol–water partition coefficient (Wildman–Crippen LogP) is 5.04. The molecule has 0 radical (unpaired) electrons. The number of para-hydroxylation sites is 1. The van der Waals surface area contributed by atoms with Gasteiger partial charge in [0.25, 0.3) is 0 Å². The monoisotopic (exact) mass is 319 g/mol. The number of anilines is 1. The second kappa shape index (κ2) is 5.24. The van der Waals surface area contributed by atoms with E-state index in [1.165, 1.54) is 5.56 Å². The molecule has 0 fully saturated rings. The normalized spacial score (nSPS) is 11.5. The summed E-state index contributed by atoms with van der Waals surface area (Å²) in [5.74, 6) is 0.803. The van der Waals surface area contributed by atoms with E-state index in [1.54, 1.807) is 12.1 Å². The van der Waals surface area contributed by atoms with Crippen LogP contribution in [0.5, 0.6) is 0 Å². The third-order valence-electron chi connectivity index (χ3n) is 3.52. The molecule has 0 bridgehead atoms. The number of aromatic nitrogens is 2. The van der Waals surface area contributed by atoms with Crippen LogP contribution >= 0.6 is 23.2 Å². The number of imidazole rings is 1. The molecular formula is C16H15Cl2N3. The Kier molecular flexibility index (Phi) is 3.56. The Labute approximate surface area is 133 Å². The van der Waals surface area contributed by atoms with Crippen LogP contribution in [0.2, 0.25) is 10.0 Å². The highest BCUT2D eigenvalue weighted by Gasteiger charge is 2.16. The van der Waals surface area contributed by atoms with Crippen molar-refractivity contribution in [2.24, 2.45) is 0 Å². The second-order valence-corrected chi connectivity index (χ2v) is 6.09. The first-order chi connectivity index (χ1) is 9.99. The van der Waals surface area contributed by atoms with Gasteiger partial charge in [-0.25, -0.2) is 4.98 Å². The van der Waals surface area contributed by atoms with Gasteiger partial charge in [-0.05, 0) is 29.7 Å². The predicted molar refractivity (Wildman–Crippen MR) is 89.6 cm³/mol. The highest BCUT2D eigenvalue weighted by Crippen LogP contribution is 2.33. The SMILES string of the molecule is CC(C)c1ccccc1-n1c(N)nc2cc(Cl)c(Cl)cc21. The highest BCUT2D eigenvalue weighted by atomic mass is 35.5. The summed E-state index contributed by atoms with van der Waals surface area (Å²) < 4.78 is 1.92. The molecule has 0 atom stereocenters. The molecule has 1 aromatic heterocycles. The molecule has 21 heavy (non-hydrogen) atoms. The summed E-state index contributed by atoms with van der Waals surface area (Å²) in [6.07, 6.45) is 0. The summed E-state index contributed by atoms with van der Waals surface area (Å²) in [7, 11) is 0. The Morgan fingerprint density at radius 1 is 1.10 bits per heavy atom. The maximum atomic E-state index is 6.14. The minimum atomic E-state index is 0.376. The summed E-state index contributed by atoms with van der Waals surface area (Å²) in [6, 6.07) is 11.7. The molecular weight excluding hydrogens is 305 g/mol. The van der Waals surface area contributed by atoms with Crippen LogP contribution in [0.15, 0.2) is 36.4 Å². The van der Waals surface area contributed by atoms with Crippen LogP contribution in [0.1, 0.15) is 25.3 Å². The van der Waals surface area contributed by atoms with Crippen LogP contribution in [-0.2, 0) is 0 Å². The van der Waals surface area contributed by atoms with Crippen molar-refractivity contribution in [1.29, 1.82) is 0 Å². The van der Waals surface area contributed by atoms with Crippen LogP contribution in [0, 0.1) is 0 Å². The van der Waals surface area contributed by atoms with E-state index < -0.39 is 0 Å². The number of rotatable bonds is 2. The lowest BCUT2D eigenvalue weighted by Crippen LogP contribution is -2.04. The van der Waals surface area contributed by atoms with Gasteiger partial charge in [-0.3, -0.25) is 4.57 Å². The maximum Gasteiger partial charge on any atom is 0.205 e. The first kappa shape index (κ1) is 14.2. The van der Waals surface area contributed by atoms with Crippen molar-refractivity contribution in [3.8, 4) is 5.69 Å². The molecule has 0 unspecified atom stereocenters. The summed E-state index contributed by atoms with van der Waals surface area (Å²) in [6.45, 7) is 4.30. The van der Waals surface area contributed by atoms with E-state index in [0.29, 0.717) is 21.9 Å². The Bertz CT molecular complexity index is 822. The lowest BCUT2D eigenvalue weighted by atomic mass is 10.0. The van der Waals surface area contributed by atoms with Gasteiger partial charge >= 0.3 is 0 Å². The number of benzene rings is 2. The van der Waals surface area contributed by atoms with Crippen molar-refractivity contribution >= 4 is 40.2 Å². The number of nitrogens with two attached hydrogens (primary N) is 1. The first-order valence-electron chi connectivity index (χ1n) is 6.71. The van der Waals surface area contributed by atoms with Gasteiger partial charge in [-0.1, -0.05) is 55.2 Å². The fraction of sp³-hybridized carbons (Fsp3) is 0.188. The summed E-state index contributed by atoms with van der Waals surface area (Å²) >= 11 is 12.2. The van der Waals surface area contributed by atoms with E-state index in [2.05, 4.69) is 24.9 Å². The number of fused-ring (bicyclic) bond motifs is 1. The molecule has 1 heterocycles. The van der Waals surface area contributed by atoms with E-state index in [-0.39, 0.29) is 0 Å². The zero-order valence-electron chi connectivity index (χ0n) is 11.8. The number of nitrogen functional groups attached to an aromatic ring is 1. The van der Waals surface area contributed by atoms with Crippen molar-refractivity contribution < 1.29 is 0 Å². The van der Waals surface area contributed by atoms with Crippen molar-refractivity contribution in [2.75, 3.05) is 5.73 Å². The molecule has 0 aliphatic heterocycles. The van der Waals surface area contributed by atoms with Gasteiger partial charge in [0.05, 0.1) is 26.8 Å². The Hall–Kier alpha value is -1.71. The molecule has 5 heteroatoms. The number of halogens is 2. The molecule has 3 aromatic rings. The van der Waals surface area contributed by atoms with Gasteiger partial charge in [0.1, 0.15) is 0 Å². The van der Waals surface area contributed by atoms with Crippen LogP contribution in [0.3, 0.4) is 0 Å². The average molecular weight is 320 g/mol. The van der Waals surface area contributed by atoms with Gasteiger partial charge in [-0.15, -0.1) is 0 Å². The zero-order valence-corrected chi connectivity index (χ0v) is 13.3. The van der Waals surface area contributed by atoms with Crippen molar-refractivity contribution in [3.63, 3.8) is 0 Å². The molecule has 0 saturated carbocycles. The van der Waals surface area contributed by atoms with Crippen LogP contribution in [0.25, 0.3) is 16.7 Å². The molecule has 3 nitrogen and oxygen atoms in total. The maximum absolute atomic E-state index is 6.14. The molecule has 0 amide bonds. The molecule has 2 aromatic carbocycles. The minimum Gasteiger partial charge on any atom is -0.369 e. The fourth-order valence-corrected chi connectivity index (χ4v) is 2.84. The number of hydrogen-bond acceptors (Lipinski definition) is 2. The third-order valence-corrected chi connectivity index (χ3v) is 4.24. The van der Waals surface area contributed by atoms with Gasteiger partial charge in [-0.2, -0.15) is 0 Å². The van der Waals surface area contributed by atoms with Crippen LogP contribution in [-0.4, -0.2) is 9.55 Å². The molecule has 0 spiro atoms. The average Bonchev–Trinajstić information content (AvgIpc) is 2.74. The van der Waals surface area contributed by atoms with Gasteiger partial charge in [0.2, 0.25) is 5.95 Å². The largest absolute Gasteiger partial charge is 0.369 e. The Morgan fingerprint density at radius 3 is 2.48 bits per heavy atom. The van der Waals surface area contributed by atoms with Crippen molar-refractivity contribution in [3.05, 3.63) is 52.0 Å². The molecule has 0 aliphatic rings. The number of hydrogen-bond donors (Lipinski definition) is 1. The summed E-state index contributed by atoms with van der Waals surface area (Å²) in [5.41, 5.74) is 9.94. The molecule has 108 valence electrons. The van der Waals surface area contributed by atoms with E-state index in [4.69, 9.17) is 28.9 Å². The van der Waals surface area contributed by atoms with E-state index in [1.807, 2.05) is 22.8 Å². The zero-order chi connectivity index (χ0) is 15.1. The molecule has 2 N–H and O–H groups in total. The smallest absolute Gasteiger partial charge is 0.205 e. The lowest BCUT2D eigenvalue weighted by Gasteiger charge is -2.15. The topological polar surface area (TPSA) is 43.8 Å². The van der Waals surface area contributed by atoms with Crippen molar-refractivity contribution in [2.45, 2.75) is 19.8 Å². The minimum absolute atomic E-state index is 0.376. The van der Waals surface area contributed by atoms with E-state index in [0.717, 1.165) is 16.7 Å². The second-order valence-electron chi connectivity index (χ2n) is 5.27. The van der Waals surface area contributed by atoms with E-state index in [9.17, 15) is 0 Å². The fourth-order valence-electron chi connectivity index (χ4n) is 2.52. The Balaban J connectivity index is 2.35. The van der Waals surface area contributed by atoms with Crippen molar-refractivity contribution in [1.82, 2.24) is 9.55 Å². The molecule has 0 aliphatic carbocycles. The van der Waals surface area contributed by atoms with E-state index >= 15 is 0 Å². The van der Waals surface area contributed by atoms with Crippen LogP contribution in [0.4, 0.5) is 5.95 Å². The summed E-state index contributed by atoms with van der Waals surface area (Å²) in [5, 5.41) is 0.971. The van der Waals surface area contributed by atoms with Gasteiger partial charge < -0.3 is 5.73 Å². The highest BCUT2D eigenvalue weighted by molar-refractivity contribution is 6.42. The third kappa shape index (κ3) is 2.37. The number of nitrogens with zero attached hydrogens (tertiary/aromatic N) is 2. The van der Waals surface area contributed by atoms with Gasteiger partial charge in [0.15, 0.2) is 0 Å². The summed E-state index contributed by atoms with van der Waals surface area (Å²) in [4.78, 5) is 4.39. The lowest BCUT2D eigenvalue weighted by molar-refractivity contribution is 0.851. The quantitative estimate of drug-likeness (QED) is 0.719. The standard InChI is InChI=1S/C16H15Cl2N3/c1-9(2)10-5-3-4-6-14(10)21-15-8-12(18)11(17)7-13(15)20-16(21)19/h3-9H,1-2H3,(H2,19,20). The molecule has 0 saturated heterocycles. The Morgan fingerprint density at radius 2 is 1.76 bits per heavy atom. The molecule has 3 rings (SSSR count). The first-order valence-corrected chi connectivity index (χ1v) is 7.47.